The van der Waals surface area contributed by atoms with Crippen molar-refractivity contribution in [2.24, 2.45) is 0 Å². The van der Waals surface area contributed by atoms with Crippen molar-refractivity contribution in [1.82, 2.24) is 10.2 Å². The maximum absolute atomic E-state index is 5.92. The highest BCUT2D eigenvalue weighted by atomic mass is 35.5. The van der Waals surface area contributed by atoms with Gasteiger partial charge in [0.15, 0.2) is 0 Å². The van der Waals surface area contributed by atoms with Gasteiger partial charge in [0.05, 0.1) is 0 Å². The molecule has 0 saturated carbocycles. The Morgan fingerprint density at radius 3 is 2.24 bits per heavy atom. The van der Waals surface area contributed by atoms with Gasteiger partial charge < -0.3 is 5.32 Å². The molecule has 0 aromatic heterocycles. The minimum Gasteiger partial charge on any atom is -0.309 e. The van der Waals surface area contributed by atoms with E-state index in [-0.39, 0.29) is 0 Å². The summed E-state index contributed by atoms with van der Waals surface area (Å²) < 4.78 is 0. The Morgan fingerprint density at radius 1 is 1.18 bits per heavy atom. The van der Waals surface area contributed by atoms with E-state index in [2.05, 4.69) is 43.1 Å². The van der Waals surface area contributed by atoms with E-state index in [1.807, 2.05) is 12.1 Å². The molecule has 0 amide bonds. The average molecular weight is 253 g/mol. The molecule has 1 N–H and O–H groups in total. The molecule has 0 radical (unpaired) electrons. The number of piperazine rings is 1. The number of halogens is 1. The van der Waals surface area contributed by atoms with E-state index in [1.54, 1.807) is 0 Å². The number of nitrogens with zero attached hydrogens (tertiary/aromatic N) is 1. The van der Waals surface area contributed by atoms with Crippen molar-refractivity contribution in [3.8, 4) is 0 Å². The Kier molecular flexibility index (Phi) is 4.08. The number of benzene rings is 1. The minimum atomic E-state index is 0.458. The second-order valence-corrected chi connectivity index (χ2v) is 5.59. The van der Waals surface area contributed by atoms with Crippen LogP contribution in [0.5, 0.6) is 0 Å². The molecule has 1 aromatic rings. The molecule has 1 heterocycles. The van der Waals surface area contributed by atoms with Crippen LogP contribution in [0.2, 0.25) is 5.02 Å². The van der Waals surface area contributed by atoms with Gasteiger partial charge in [0, 0.05) is 36.2 Å². The molecule has 2 rings (SSSR count). The lowest BCUT2D eigenvalue weighted by Gasteiger charge is -2.39. The first-order valence-corrected chi connectivity index (χ1v) is 6.69. The van der Waals surface area contributed by atoms with Crippen LogP contribution in [-0.4, -0.2) is 30.1 Å². The van der Waals surface area contributed by atoms with Crippen LogP contribution in [-0.2, 0) is 0 Å². The molecule has 1 saturated heterocycles. The number of hydrogen-bond donors (Lipinski definition) is 1. The van der Waals surface area contributed by atoms with Crippen LogP contribution in [0.1, 0.15) is 32.4 Å². The van der Waals surface area contributed by atoms with Crippen LogP contribution in [0.3, 0.4) is 0 Å². The van der Waals surface area contributed by atoms with Crippen molar-refractivity contribution in [3.05, 3.63) is 34.9 Å². The van der Waals surface area contributed by atoms with Gasteiger partial charge in [-0.05, 0) is 38.5 Å². The van der Waals surface area contributed by atoms with Crippen molar-refractivity contribution in [2.75, 3.05) is 13.1 Å². The predicted molar refractivity (Wildman–Crippen MR) is 73.5 cm³/mol. The Balaban J connectivity index is 2.08. The third kappa shape index (κ3) is 3.21. The molecule has 3 unspecified atom stereocenters. The Hall–Kier alpha value is -0.570. The largest absolute Gasteiger partial charge is 0.309 e. The number of hydrogen-bond acceptors (Lipinski definition) is 2. The molecule has 1 fully saturated rings. The SMILES string of the molecule is CC1CN(C(C)c2ccc(Cl)cc2)CC(C)N1. The van der Waals surface area contributed by atoms with Gasteiger partial charge in [0.2, 0.25) is 0 Å². The van der Waals surface area contributed by atoms with E-state index in [0.717, 1.165) is 18.1 Å². The smallest absolute Gasteiger partial charge is 0.0406 e. The highest BCUT2D eigenvalue weighted by Gasteiger charge is 2.25. The zero-order valence-corrected chi connectivity index (χ0v) is 11.5. The molecule has 1 aliphatic rings. The summed E-state index contributed by atoms with van der Waals surface area (Å²) in [6, 6.07) is 9.79. The zero-order valence-electron chi connectivity index (χ0n) is 10.8. The van der Waals surface area contributed by atoms with Crippen LogP contribution in [0, 0.1) is 0 Å². The van der Waals surface area contributed by atoms with Crippen LogP contribution in [0.15, 0.2) is 24.3 Å². The molecule has 17 heavy (non-hydrogen) atoms. The topological polar surface area (TPSA) is 15.3 Å². The molecule has 2 nitrogen and oxygen atoms in total. The summed E-state index contributed by atoms with van der Waals surface area (Å²) in [5.41, 5.74) is 1.34. The van der Waals surface area contributed by atoms with Gasteiger partial charge in [0.1, 0.15) is 0 Å². The summed E-state index contributed by atoms with van der Waals surface area (Å²) >= 11 is 5.92. The van der Waals surface area contributed by atoms with Gasteiger partial charge in [0.25, 0.3) is 0 Å². The fourth-order valence-corrected chi connectivity index (χ4v) is 2.76. The molecule has 94 valence electrons. The molecule has 3 heteroatoms. The number of rotatable bonds is 2. The van der Waals surface area contributed by atoms with Crippen molar-refractivity contribution < 1.29 is 0 Å². The van der Waals surface area contributed by atoms with E-state index in [1.165, 1.54) is 5.56 Å². The highest BCUT2D eigenvalue weighted by molar-refractivity contribution is 6.30. The molecule has 1 aromatic carbocycles. The van der Waals surface area contributed by atoms with E-state index in [0.29, 0.717) is 18.1 Å². The van der Waals surface area contributed by atoms with E-state index in [4.69, 9.17) is 11.6 Å². The van der Waals surface area contributed by atoms with Gasteiger partial charge in [-0.1, -0.05) is 23.7 Å². The molecule has 0 bridgehead atoms. The third-order valence-corrected chi connectivity index (χ3v) is 3.74. The first-order valence-electron chi connectivity index (χ1n) is 6.32. The van der Waals surface area contributed by atoms with Crippen molar-refractivity contribution >= 4 is 11.6 Å². The molecule has 0 aliphatic carbocycles. The van der Waals surface area contributed by atoms with Crippen LogP contribution < -0.4 is 5.32 Å². The van der Waals surface area contributed by atoms with Gasteiger partial charge in [-0.25, -0.2) is 0 Å². The van der Waals surface area contributed by atoms with Gasteiger partial charge in [-0.15, -0.1) is 0 Å². The Morgan fingerprint density at radius 2 is 1.71 bits per heavy atom. The van der Waals surface area contributed by atoms with E-state index >= 15 is 0 Å². The standard InChI is InChI=1S/C14H21ClN2/c1-10-8-17(9-11(2)16-10)12(3)13-4-6-14(15)7-5-13/h4-7,10-12,16H,8-9H2,1-3H3. The van der Waals surface area contributed by atoms with Crippen LogP contribution in [0.4, 0.5) is 0 Å². The van der Waals surface area contributed by atoms with Crippen molar-refractivity contribution in [1.29, 1.82) is 0 Å². The summed E-state index contributed by atoms with van der Waals surface area (Å²) in [6.45, 7) is 8.98. The lowest BCUT2D eigenvalue weighted by molar-refractivity contribution is 0.131. The third-order valence-electron chi connectivity index (χ3n) is 3.49. The predicted octanol–water partition coefficient (Wildman–Crippen LogP) is 3.08. The minimum absolute atomic E-state index is 0.458. The van der Waals surface area contributed by atoms with E-state index < -0.39 is 0 Å². The van der Waals surface area contributed by atoms with Gasteiger partial charge in [-0.2, -0.15) is 0 Å². The maximum atomic E-state index is 5.92. The molecule has 1 aliphatic heterocycles. The lowest BCUT2D eigenvalue weighted by Crippen LogP contribution is -2.54. The first kappa shape index (κ1) is 12.9. The monoisotopic (exact) mass is 252 g/mol. The quantitative estimate of drug-likeness (QED) is 0.870. The summed E-state index contributed by atoms with van der Waals surface area (Å²) in [7, 11) is 0. The molecular weight excluding hydrogens is 232 g/mol. The van der Waals surface area contributed by atoms with Crippen LogP contribution in [0.25, 0.3) is 0 Å². The normalized spacial score (nSPS) is 28.0. The van der Waals surface area contributed by atoms with Gasteiger partial charge in [-0.3, -0.25) is 4.90 Å². The molecular formula is C14H21ClN2. The van der Waals surface area contributed by atoms with Gasteiger partial charge >= 0.3 is 0 Å². The zero-order chi connectivity index (χ0) is 12.4. The second-order valence-electron chi connectivity index (χ2n) is 5.15. The summed E-state index contributed by atoms with van der Waals surface area (Å²) in [4.78, 5) is 2.54. The van der Waals surface area contributed by atoms with Crippen molar-refractivity contribution in [3.63, 3.8) is 0 Å². The Labute approximate surface area is 109 Å². The highest BCUT2D eigenvalue weighted by Crippen LogP contribution is 2.23. The Bertz CT molecular complexity index is 353. The molecule has 0 spiro atoms. The lowest BCUT2D eigenvalue weighted by atomic mass is 10.0. The van der Waals surface area contributed by atoms with Crippen LogP contribution >= 0.6 is 11.6 Å². The maximum Gasteiger partial charge on any atom is 0.0406 e. The fraction of sp³-hybridized carbons (Fsp3) is 0.571. The average Bonchev–Trinajstić information content (AvgIpc) is 2.28. The summed E-state index contributed by atoms with van der Waals surface area (Å²) in [5, 5.41) is 4.37. The summed E-state index contributed by atoms with van der Waals surface area (Å²) in [5.74, 6) is 0. The van der Waals surface area contributed by atoms with E-state index in [9.17, 15) is 0 Å². The fourth-order valence-electron chi connectivity index (χ4n) is 2.64. The molecule has 3 atom stereocenters. The summed E-state index contributed by atoms with van der Waals surface area (Å²) in [6.07, 6.45) is 0. The van der Waals surface area contributed by atoms with Crippen molar-refractivity contribution in [2.45, 2.75) is 38.9 Å². The number of nitrogens with one attached hydrogen (secondary N) is 1. The second kappa shape index (κ2) is 5.38. The first-order chi connectivity index (χ1) is 8.06.